The van der Waals surface area contributed by atoms with Crippen LogP contribution >= 0.6 is 34.0 Å². The fourth-order valence-corrected chi connectivity index (χ4v) is 3.61. The van der Waals surface area contributed by atoms with Crippen molar-refractivity contribution < 1.29 is 0 Å². The number of fused-ring (bicyclic) bond motifs is 1. The van der Waals surface area contributed by atoms with Gasteiger partial charge in [-0.15, -0.1) is 34.0 Å². The highest BCUT2D eigenvalue weighted by molar-refractivity contribution is 8.93. The average Bonchev–Trinajstić information content (AvgIpc) is 2.69. The van der Waals surface area contributed by atoms with Crippen molar-refractivity contribution in [3.05, 3.63) is 60.7 Å². The van der Waals surface area contributed by atoms with Crippen LogP contribution in [0.5, 0.6) is 0 Å². The molecule has 0 saturated carbocycles. The molecule has 0 amide bonds. The van der Waals surface area contributed by atoms with Gasteiger partial charge in [0.25, 0.3) is 0 Å². The van der Waals surface area contributed by atoms with Crippen molar-refractivity contribution >= 4 is 50.6 Å². The van der Waals surface area contributed by atoms with Crippen LogP contribution in [-0.2, 0) is 0 Å². The number of para-hydroxylation sites is 1. The molecule has 0 aliphatic carbocycles. The third kappa shape index (κ3) is 5.53. The molecule has 1 fully saturated rings. The van der Waals surface area contributed by atoms with Crippen molar-refractivity contribution in [1.82, 2.24) is 9.88 Å². The molecule has 1 aliphatic heterocycles. The lowest BCUT2D eigenvalue weighted by atomic mass is 10.1. The normalized spacial score (nSPS) is 14.2. The molecule has 1 aromatic heterocycles. The SMILES string of the molecule is Br.Br.c1ccc(-c2cc(NCCN3CCCCC3)c3ccccc3n2)cc1. The molecular formula is C22H27Br2N3. The van der Waals surface area contributed by atoms with Crippen molar-refractivity contribution in [2.45, 2.75) is 19.3 Å². The first-order valence-corrected chi connectivity index (χ1v) is 9.31. The molecule has 1 aliphatic rings. The number of hydrogen-bond donors (Lipinski definition) is 1. The lowest BCUT2D eigenvalue weighted by Crippen LogP contribution is -2.33. The van der Waals surface area contributed by atoms with Crippen molar-refractivity contribution in [3.63, 3.8) is 0 Å². The van der Waals surface area contributed by atoms with Gasteiger partial charge in [0, 0.05) is 29.7 Å². The highest BCUT2D eigenvalue weighted by Gasteiger charge is 2.10. The Kier molecular flexibility index (Phi) is 8.74. The summed E-state index contributed by atoms with van der Waals surface area (Å²) in [6.07, 6.45) is 4.08. The number of benzene rings is 2. The lowest BCUT2D eigenvalue weighted by Gasteiger charge is -2.26. The minimum atomic E-state index is 0. The van der Waals surface area contributed by atoms with Crippen LogP contribution in [0.25, 0.3) is 22.2 Å². The second-order valence-corrected chi connectivity index (χ2v) is 6.77. The van der Waals surface area contributed by atoms with E-state index < -0.39 is 0 Å². The van der Waals surface area contributed by atoms with Gasteiger partial charge in [0.05, 0.1) is 11.2 Å². The van der Waals surface area contributed by atoms with E-state index in [2.05, 4.69) is 64.8 Å². The molecule has 0 bridgehead atoms. The Balaban J connectivity index is 0.00000131. The lowest BCUT2D eigenvalue weighted by molar-refractivity contribution is 0.237. The summed E-state index contributed by atoms with van der Waals surface area (Å²) in [6, 6.07) is 21.0. The predicted molar refractivity (Wildman–Crippen MR) is 127 cm³/mol. The largest absolute Gasteiger partial charge is 0.383 e. The van der Waals surface area contributed by atoms with Gasteiger partial charge in [-0.2, -0.15) is 0 Å². The second-order valence-electron chi connectivity index (χ2n) is 6.77. The number of pyridine rings is 1. The van der Waals surface area contributed by atoms with Gasteiger partial charge < -0.3 is 10.2 Å². The van der Waals surface area contributed by atoms with Crippen LogP contribution in [0.2, 0.25) is 0 Å². The molecule has 3 nitrogen and oxygen atoms in total. The second kappa shape index (κ2) is 10.8. The fourth-order valence-electron chi connectivity index (χ4n) is 3.61. The van der Waals surface area contributed by atoms with E-state index in [0.29, 0.717) is 0 Å². The monoisotopic (exact) mass is 491 g/mol. The molecule has 4 rings (SSSR count). The molecule has 3 aromatic rings. The highest BCUT2D eigenvalue weighted by Crippen LogP contribution is 2.28. The number of nitrogens with zero attached hydrogens (tertiary/aromatic N) is 2. The van der Waals surface area contributed by atoms with E-state index in [4.69, 9.17) is 4.98 Å². The third-order valence-corrected chi connectivity index (χ3v) is 4.98. The van der Waals surface area contributed by atoms with Gasteiger partial charge in [-0.3, -0.25) is 0 Å². The number of piperidine rings is 1. The summed E-state index contributed by atoms with van der Waals surface area (Å²) in [5, 5.41) is 4.86. The number of nitrogens with one attached hydrogen (secondary N) is 1. The molecule has 5 heteroatoms. The molecule has 0 unspecified atom stereocenters. The summed E-state index contributed by atoms with van der Waals surface area (Å²) in [5.41, 5.74) is 4.41. The van der Waals surface area contributed by atoms with Crippen molar-refractivity contribution in [3.8, 4) is 11.3 Å². The van der Waals surface area contributed by atoms with Gasteiger partial charge in [-0.1, -0.05) is 55.0 Å². The van der Waals surface area contributed by atoms with E-state index in [1.165, 1.54) is 43.4 Å². The van der Waals surface area contributed by atoms with Crippen LogP contribution < -0.4 is 5.32 Å². The number of likely N-dealkylation sites (tertiary alicyclic amines) is 1. The Bertz CT molecular complexity index is 833. The number of anilines is 1. The fraction of sp³-hybridized carbons (Fsp3) is 0.318. The minimum Gasteiger partial charge on any atom is -0.383 e. The van der Waals surface area contributed by atoms with Crippen LogP contribution in [0.15, 0.2) is 60.7 Å². The molecular weight excluding hydrogens is 466 g/mol. The topological polar surface area (TPSA) is 28.2 Å². The van der Waals surface area contributed by atoms with E-state index in [1.54, 1.807) is 0 Å². The molecule has 0 atom stereocenters. The predicted octanol–water partition coefficient (Wildman–Crippen LogP) is 5.96. The highest BCUT2D eigenvalue weighted by atomic mass is 79.9. The smallest absolute Gasteiger partial charge is 0.0730 e. The quantitative estimate of drug-likeness (QED) is 0.476. The number of hydrogen-bond acceptors (Lipinski definition) is 3. The minimum absolute atomic E-state index is 0. The summed E-state index contributed by atoms with van der Waals surface area (Å²) in [6.45, 7) is 4.57. The van der Waals surface area contributed by atoms with Gasteiger partial charge in [-0.05, 0) is 38.1 Å². The zero-order valence-electron chi connectivity index (χ0n) is 15.4. The summed E-state index contributed by atoms with van der Waals surface area (Å²) >= 11 is 0. The summed E-state index contributed by atoms with van der Waals surface area (Å²) in [7, 11) is 0. The Morgan fingerprint density at radius 3 is 2.33 bits per heavy atom. The third-order valence-electron chi connectivity index (χ3n) is 4.98. The first-order valence-electron chi connectivity index (χ1n) is 9.31. The molecule has 144 valence electrons. The first kappa shape index (κ1) is 21.9. The van der Waals surface area contributed by atoms with Crippen LogP contribution in [-0.4, -0.2) is 36.1 Å². The van der Waals surface area contributed by atoms with E-state index in [0.717, 1.165) is 29.9 Å². The summed E-state index contributed by atoms with van der Waals surface area (Å²) < 4.78 is 0. The summed E-state index contributed by atoms with van der Waals surface area (Å²) in [4.78, 5) is 7.42. The molecule has 27 heavy (non-hydrogen) atoms. The van der Waals surface area contributed by atoms with Crippen LogP contribution in [0.1, 0.15) is 19.3 Å². The maximum atomic E-state index is 4.85. The molecule has 0 spiro atoms. The van der Waals surface area contributed by atoms with Gasteiger partial charge in [0.15, 0.2) is 0 Å². The standard InChI is InChI=1S/C22H25N3.2BrH/c1-3-9-18(10-4-1)21-17-22(19-11-5-6-12-20(19)24-21)23-13-16-25-14-7-2-8-15-25;;/h1,3-6,9-12,17H,2,7-8,13-16H2,(H,23,24);2*1H. The van der Waals surface area contributed by atoms with Crippen LogP contribution in [0, 0.1) is 0 Å². The van der Waals surface area contributed by atoms with Crippen molar-refractivity contribution in [1.29, 1.82) is 0 Å². The first-order chi connectivity index (χ1) is 12.4. The van der Waals surface area contributed by atoms with Crippen LogP contribution in [0.3, 0.4) is 0 Å². The van der Waals surface area contributed by atoms with Crippen LogP contribution in [0.4, 0.5) is 5.69 Å². The van der Waals surface area contributed by atoms with Gasteiger partial charge in [-0.25, -0.2) is 4.98 Å². The molecule has 1 N–H and O–H groups in total. The Hall–Kier alpha value is -1.43. The van der Waals surface area contributed by atoms with E-state index in [1.807, 2.05) is 6.07 Å². The Morgan fingerprint density at radius 2 is 1.56 bits per heavy atom. The van der Waals surface area contributed by atoms with Crippen molar-refractivity contribution in [2.24, 2.45) is 0 Å². The van der Waals surface area contributed by atoms with E-state index in [9.17, 15) is 0 Å². The molecule has 2 aromatic carbocycles. The van der Waals surface area contributed by atoms with Gasteiger partial charge in [0.1, 0.15) is 0 Å². The van der Waals surface area contributed by atoms with Gasteiger partial charge in [0.2, 0.25) is 0 Å². The van der Waals surface area contributed by atoms with E-state index >= 15 is 0 Å². The molecule has 2 heterocycles. The number of aromatic nitrogens is 1. The van der Waals surface area contributed by atoms with E-state index in [-0.39, 0.29) is 34.0 Å². The maximum absolute atomic E-state index is 4.85. The molecule has 0 radical (unpaired) electrons. The molecule has 1 saturated heterocycles. The maximum Gasteiger partial charge on any atom is 0.0730 e. The average molecular weight is 493 g/mol. The Labute approximate surface area is 182 Å². The zero-order chi connectivity index (χ0) is 16.9. The number of rotatable bonds is 5. The Morgan fingerprint density at radius 1 is 0.852 bits per heavy atom. The van der Waals surface area contributed by atoms with Crippen molar-refractivity contribution in [2.75, 3.05) is 31.5 Å². The zero-order valence-corrected chi connectivity index (χ0v) is 18.9. The van der Waals surface area contributed by atoms with Gasteiger partial charge >= 0.3 is 0 Å². The summed E-state index contributed by atoms with van der Waals surface area (Å²) in [5.74, 6) is 0. The number of halogens is 2.